The zero-order valence-corrected chi connectivity index (χ0v) is 17.7. The molecule has 0 saturated carbocycles. The van der Waals surface area contributed by atoms with E-state index in [0.717, 1.165) is 56.1 Å². The van der Waals surface area contributed by atoms with Crippen LogP contribution < -0.4 is 0 Å². The number of halogens is 1. The van der Waals surface area contributed by atoms with Crippen molar-refractivity contribution in [3.63, 3.8) is 0 Å². The number of aromatic nitrogens is 1. The molecular formula is C27H24FNO. The van der Waals surface area contributed by atoms with Crippen molar-refractivity contribution < 1.29 is 8.81 Å². The lowest BCUT2D eigenvalue weighted by molar-refractivity contribution is 0.412. The normalized spacial score (nSPS) is 12.3. The lowest BCUT2D eigenvalue weighted by Crippen LogP contribution is -2.10. The van der Waals surface area contributed by atoms with Gasteiger partial charge in [-0.25, -0.2) is 4.39 Å². The molecule has 30 heavy (non-hydrogen) atoms. The quantitative estimate of drug-likeness (QED) is 0.303. The molecular weight excluding hydrogens is 373 g/mol. The number of para-hydroxylation sites is 1. The molecule has 2 aromatic heterocycles. The minimum Gasteiger partial charge on any atom is -0.455 e. The van der Waals surface area contributed by atoms with E-state index >= 15 is 4.39 Å². The van der Waals surface area contributed by atoms with Crippen molar-refractivity contribution in [2.45, 2.75) is 34.1 Å². The minimum atomic E-state index is -0.205. The molecule has 0 aliphatic heterocycles. The Hall–Kier alpha value is -3.20. The lowest BCUT2D eigenvalue weighted by Gasteiger charge is -2.20. The van der Waals surface area contributed by atoms with Crippen LogP contribution in [0.15, 0.2) is 65.2 Å². The molecule has 3 aromatic carbocycles. The fourth-order valence-corrected chi connectivity index (χ4v) is 4.39. The summed E-state index contributed by atoms with van der Waals surface area (Å²) in [5.74, 6) is -0.205. The van der Waals surface area contributed by atoms with Gasteiger partial charge in [-0.2, -0.15) is 0 Å². The van der Waals surface area contributed by atoms with Crippen LogP contribution in [0.1, 0.15) is 31.9 Å². The second-order valence-corrected chi connectivity index (χ2v) is 9.32. The molecule has 150 valence electrons. The van der Waals surface area contributed by atoms with Crippen molar-refractivity contribution in [3.8, 4) is 11.3 Å². The van der Waals surface area contributed by atoms with E-state index in [1.807, 2.05) is 30.5 Å². The summed E-state index contributed by atoms with van der Waals surface area (Å²) < 4.78 is 21.3. The summed E-state index contributed by atoms with van der Waals surface area (Å²) >= 11 is 0. The van der Waals surface area contributed by atoms with Gasteiger partial charge in [0.15, 0.2) is 0 Å². The Morgan fingerprint density at radius 2 is 1.70 bits per heavy atom. The average Bonchev–Trinajstić information content (AvgIpc) is 3.05. The number of furan rings is 1. The Balaban J connectivity index is 1.86. The molecule has 0 aliphatic rings. The van der Waals surface area contributed by atoms with Crippen LogP contribution in [-0.4, -0.2) is 4.98 Å². The van der Waals surface area contributed by atoms with Crippen LogP contribution in [0.3, 0.4) is 0 Å². The zero-order chi connectivity index (χ0) is 21.0. The van der Waals surface area contributed by atoms with E-state index in [0.29, 0.717) is 5.39 Å². The van der Waals surface area contributed by atoms with Gasteiger partial charge < -0.3 is 4.42 Å². The second kappa shape index (κ2) is 6.66. The molecule has 0 spiro atoms. The third-order valence-corrected chi connectivity index (χ3v) is 5.54. The molecule has 0 N–H and O–H groups in total. The van der Waals surface area contributed by atoms with Gasteiger partial charge in [-0.05, 0) is 54.2 Å². The summed E-state index contributed by atoms with van der Waals surface area (Å²) in [6.07, 6.45) is 2.59. The fraction of sp³-hybridized carbons (Fsp3) is 0.222. The maximum absolute atomic E-state index is 15.0. The molecule has 5 rings (SSSR count). The number of fused-ring (bicyclic) bond motifs is 4. The number of rotatable bonds is 2. The molecule has 0 unspecified atom stereocenters. The summed E-state index contributed by atoms with van der Waals surface area (Å²) in [5.41, 5.74) is 5.40. The summed E-state index contributed by atoms with van der Waals surface area (Å²) in [6, 6.07) is 17.5. The second-order valence-electron chi connectivity index (χ2n) is 9.32. The molecule has 0 aliphatic carbocycles. The van der Waals surface area contributed by atoms with Crippen LogP contribution in [0.5, 0.6) is 0 Å². The Morgan fingerprint density at radius 3 is 2.50 bits per heavy atom. The largest absolute Gasteiger partial charge is 0.455 e. The van der Waals surface area contributed by atoms with E-state index in [4.69, 9.17) is 9.40 Å². The molecule has 3 heteroatoms. The Labute approximate surface area is 175 Å². The topological polar surface area (TPSA) is 26.0 Å². The highest BCUT2D eigenvalue weighted by molar-refractivity contribution is 6.12. The van der Waals surface area contributed by atoms with Crippen LogP contribution in [0, 0.1) is 18.2 Å². The van der Waals surface area contributed by atoms with Crippen molar-refractivity contribution in [1.82, 2.24) is 4.98 Å². The van der Waals surface area contributed by atoms with E-state index in [1.54, 1.807) is 6.07 Å². The molecule has 0 fully saturated rings. The number of hydrogen-bond donors (Lipinski definition) is 0. The summed E-state index contributed by atoms with van der Waals surface area (Å²) in [7, 11) is 0. The minimum absolute atomic E-state index is 0.0355. The van der Waals surface area contributed by atoms with Crippen LogP contribution in [0.25, 0.3) is 44.0 Å². The Bertz CT molecular complexity index is 1420. The number of hydrogen-bond acceptors (Lipinski definition) is 2. The SMILES string of the molecule is Cc1cc(-c2ncc(CC(C)(C)C)c3c(F)cccc23)c2oc3ccccc3c2c1. The van der Waals surface area contributed by atoms with Crippen molar-refractivity contribution in [2.75, 3.05) is 0 Å². The number of benzene rings is 3. The fourth-order valence-electron chi connectivity index (χ4n) is 4.39. The third-order valence-electron chi connectivity index (χ3n) is 5.54. The van der Waals surface area contributed by atoms with Gasteiger partial charge in [-0.15, -0.1) is 0 Å². The van der Waals surface area contributed by atoms with E-state index in [1.165, 1.54) is 6.07 Å². The van der Waals surface area contributed by atoms with E-state index < -0.39 is 0 Å². The molecule has 0 bridgehead atoms. The molecule has 5 aromatic rings. The lowest BCUT2D eigenvalue weighted by atomic mass is 9.86. The first kappa shape index (κ1) is 18.8. The van der Waals surface area contributed by atoms with Crippen LogP contribution in [-0.2, 0) is 6.42 Å². The first-order valence-electron chi connectivity index (χ1n) is 10.3. The van der Waals surface area contributed by atoms with Gasteiger partial charge >= 0.3 is 0 Å². The van der Waals surface area contributed by atoms with Gasteiger partial charge in [0.1, 0.15) is 17.0 Å². The standard InChI is InChI=1S/C27H24FNO/c1-16-12-20-18-8-5-6-11-23(18)30-26(20)21(13-16)25-19-9-7-10-22(28)24(19)17(15-29-25)14-27(2,3)4/h5-13,15H,14H2,1-4H3. The summed E-state index contributed by atoms with van der Waals surface area (Å²) in [6.45, 7) is 8.55. The van der Waals surface area contributed by atoms with E-state index in [9.17, 15) is 0 Å². The van der Waals surface area contributed by atoms with E-state index in [2.05, 4.69) is 45.9 Å². The molecule has 0 amide bonds. The highest BCUT2D eigenvalue weighted by Gasteiger charge is 2.20. The van der Waals surface area contributed by atoms with Gasteiger partial charge in [0.05, 0.1) is 5.69 Å². The Kier molecular flexibility index (Phi) is 4.18. The van der Waals surface area contributed by atoms with Crippen LogP contribution in [0.4, 0.5) is 4.39 Å². The molecule has 2 heterocycles. The first-order chi connectivity index (χ1) is 14.3. The third kappa shape index (κ3) is 3.06. The number of aryl methyl sites for hydroxylation is 1. The first-order valence-corrected chi connectivity index (χ1v) is 10.3. The van der Waals surface area contributed by atoms with E-state index in [-0.39, 0.29) is 11.2 Å². The van der Waals surface area contributed by atoms with Crippen molar-refractivity contribution in [1.29, 1.82) is 0 Å². The van der Waals surface area contributed by atoms with Gasteiger partial charge in [-0.1, -0.05) is 51.1 Å². The van der Waals surface area contributed by atoms with Crippen molar-refractivity contribution in [3.05, 3.63) is 77.7 Å². The zero-order valence-electron chi connectivity index (χ0n) is 17.7. The average molecular weight is 397 g/mol. The molecule has 0 atom stereocenters. The number of nitrogens with zero attached hydrogens (tertiary/aromatic N) is 1. The summed E-state index contributed by atoms with van der Waals surface area (Å²) in [5, 5.41) is 3.62. The highest BCUT2D eigenvalue weighted by Crippen LogP contribution is 2.40. The predicted octanol–water partition coefficient (Wildman–Crippen LogP) is 7.84. The van der Waals surface area contributed by atoms with Gasteiger partial charge in [0, 0.05) is 33.3 Å². The maximum Gasteiger partial charge on any atom is 0.144 e. The smallest absolute Gasteiger partial charge is 0.144 e. The number of pyridine rings is 1. The summed E-state index contributed by atoms with van der Waals surface area (Å²) in [4.78, 5) is 4.84. The van der Waals surface area contributed by atoms with Crippen LogP contribution >= 0.6 is 0 Å². The maximum atomic E-state index is 15.0. The van der Waals surface area contributed by atoms with Crippen molar-refractivity contribution >= 4 is 32.7 Å². The Morgan fingerprint density at radius 1 is 0.933 bits per heavy atom. The van der Waals surface area contributed by atoms with Crippen LogP contribution in [0.2, 0.25) is 0 Å². The van der Waals surface area contributed by atoms with Gasteiger partial charge in [-0.3, -0.25) is 4.98 Å². The monoisotopic (exact) mass is 397 g/mol. The molecule has 2 nitrogen and oxygen atoms in total. The highest BCUT2D eigenvalue weighted by atomic mass is 19.1. The molecule has 0 saturated heterocycles. The molecule has 0 radical (unpaired) electrons. The predicted molar refractivity (Wildman–Crippen MR) is 122 cm³/mol. The van der Waals surface area contributed by atoms with Gasteiger partial charge in [0.2, 0.25) is 0 Å². The van der Waals surface area contributed by atoms with Crippen molar-refractivity contribution in [2.24, 2.45) is 5.41 Å². The van der Waals surface area contributed by atoms with Gasteiger partial charge in [0.25, 0.3) is 0 Å².